The first kappa shape index (κ1) is 10.5. The fourth-order valence-corrected chi connectivity index (χ4v) is 1.88. The molecule has 2 nitrogen and oxygen atoms in total. The second-order valence-corrected chi connectivity index (χ2v) is 4.06. The summed E-state index contributed by atoms with van der Waals surface area (Å²) in [6, 6.07) is 3.08. The molecule has 15 heavy (non-hydrogen) atoms. The summed E-state index contributed by atoms with van der Waals surface area (Å²) in [6.07, 6.45) is 1.71. The zero-order valence-electron chi connectivity index (χ0n) is 8.21. The highest BCUT2D eigenvalue weighted by molar-refractivity contribution is 5.27. The molecule has 1 aromatic rings. The SMILES string of the molecule is NCC(O)(c1cc(F)cc(F)c1)C1CC1. The Bertz CT molecular complexity index is 359. The van der Waals surface area contributed by atoms with Crippen LogP contribution < -0.4 is 5.73 Å². The summed E-state index contributed by atoms with van der Waals surface area (Å²) < 4.78 is 26.0. The highest BCUT2D eigenvalue weighted by Crippen LogP contribution is 2.45. The van der Waals surface area contributed by atoms with Gasteiger partial charge in [-0.25, -0.2) is 8.78 Å². The van der Waals surface area contributed by atoms with E-state index in [1.54, 1.807) is 0 Å². The molecule has 0 aromatic heterocycles. The minimum absolute atomic E-state index is 0.0133. The number of aliphatic hydroxyl groups is 1. The van der Waals surface area contributed by atoms with Gasteiger partial charge in [-0.15, -0.1) is 0 Å². The molecular weight excluding hydrogens is 200 g/mol. The Labute approximate surface area is 86.7 Å². The van der Waals surface area contributed by atoms with E-state index in [9.17, 15) is 13.9 Å². The maximum Gasteiger partial charge on any atom is 0.126 e. The zero-order chi connectivity index (χ0) is 11.1. The normalized spacial score (nSPS) is 20.0. The van der Waals surface area contributed by atoms with Crippen molar-refractivity contribution in [2.24, 2.45) is 11.7 Å². The Balaban J connectivity index is 2.41. The molecule has 0 aliphatic heterocycles. The molecule has 1 atom stereocenters. The molecule has 1 aromatic carbocycles. The van der Waals surface area contributed by atoms with Crippen molar-refractivity contribution < 1.29 is 13.9 Å². The van der Waals surface area contributed by atoms with E-state index in [0.29, 0.717) is 0 Å². The molecular formula is C11H13F2NO. The van der Waals surface area contributed by atoms with Gasteiger partial charge < -0.3 is 10.8 Å². The van der Waals surface area contributed by atoms with Crippen LogP contribution in [0.25, 0.3) is 0 Å². The van der Waals surface area contributed by atoms with Crippen molar-refractivity contribution in [3.05, 3.63) is 35.4 Å². The van der Waals surface area contributed by atoms with Crippen LogP contribution in [-0.4, -0.2) is 11.7 Å². The highest BCUT2D eigenvalue weighted by Gasteiger charge is 2.44. The Morgan fingerprint density at radius 1 is 1.27 bits per heavy atom. The molecule has 0 bridgehead atoms. The van der Waals surface area contributed by atoms with Crippen LogP contribution >= 0.6 is 0 Å². The zero-order valence-corrected chi connectivity index (χ0v) is 8.21. The van der Waals surface area contributed by atoms with Crippen molar-refractivity contribution in [2.45, 2.75) is 18.4 Å². The van der Waals surface area contributed by atoms with Gasteiger partial charge in [-0.3, -0.25) is 0 Å². The molecule has 0 saturated heterocycles. The predicted molar refractivity (Wildman–Crippen MR) is 52.0 cm³/mol. The van der Waals surface area contributed by atoms with Crippen LogP contribution in [0.15, 0.2) is 18.2 Å². The van der Waals surface area contributed by atoms with Crippen molar-refractivity contribution in [1.29, 1.82) is 0 Å². The number of nitrogens with two attached hydrogens (primary N) is 1. The summed E-state index contributed by atoms with van der Waals surface area (Å²) in [6.45, 7) is -0.0133. The molecule has 3 N–H and O–H groups in total. The quantitative estimate of drug-likeness (QED) is 0.799. The standard InChI is InChI=1S/C11H13F2NO/c12-9-3-8(4-10(13)5-9)11(15,6-14)7-1-2-7/h3-5,7,15H,1-2,6,14H2. The van der Waals surface area contributed by atoms with Gasteiger partial charge in [0.05, 0.1) is 0 Å². The first-order valence-electron chi connectivity index (χ1n) is 4.95. The van der Waals surface area contributed by atoms with E-state index in [-0.39, 0.29) is 18.0 Å². The van der Waals surface area contributed by atoms with Crippen molar-refractivity contribution in [1.82, 2.24) is 0 Å². The first-order valence-corrected chi connectivity index (χ1v) is 4.95. The van der Waals surface area contributed by atoms with Gasteiger partial charge in [0.15, 0.2) is 0 Å². The largest absolute Gasteiger partial charge is 0.384 e. The number of rotatable bonds is 3. The van der Waals surface area contributed by atoms with Crippen LogP contribution in [0.5, 0.6) is 0 Å². The highest BCUT2D eigenvalue weighted by atomic mass is 19.1. The number of benzene rings is 1. The molecule has 0 amide bonds. The number of hydrogen-bond acceptors (Lipinski definition) is 2. The van der Waals surface area contributed by atoms with E-state index < -0.39 is 17.2 Å². The Morgan fingerprint density at radius 2 is 1.80 bits per heavy atom. The van der Waals surface area contributed by atoms with Gasteiger partial charge in [0.1, 0.15) is 17.2 Å². The van der Waals surface area contributed by atoms with E-state index in [1.807, 2.05) is 0 Å². The molecule has 1 fully saturated rings. The lowest BCUT2D eigenvalue weighted by molar-refractivity contribution is 0.0216. The lowest BCUT2D eigenvalue weighted by atomic mass is 9.89. The topological polar surface area (TPSA) is 46.2 Å². The van der Waals surface area contributed by atoms with Crippen LogP contribution in [0.2, 0.25) is 0 Å². The summed E-state index contributed by atoms with van der Waals surface area (Å²) in [5.74, 6) is -1.33. The maximum absolute atomic E-state index is 13.0. The van der Waals surface area contributed by atoms with Gasteiger partial charge in [-0.05, 0) is 36.5 Å². The Kier molecular flexibility index (Phi) is 2.48. The van der Waals surface area contributed by atoms with E-state index in [1.165, 1.54) is 0 Å². The van der Waals surface area contributed by atoms with Crippen LogP contribution in [0, 0.1) is 17.6 Å². The van der Waals surface area contributed by atoms with Crippen molar-refractivity contribution in [2.75, 3.05) is 6.54 Å². The predicted octanol–water partition coefficient (Wildman–Crippen LogP) is 1.52. The van der Waals surface area contributed by atoms with Gasteiger partial charge in [0.2, 0.25) is 0 Å². The van der Waals surface area contributed by atoms with E-state index in [0.717, 1.165) is 31.0 Å². The summed E-state index contributed by atoms with van der Waals surface area (Å²) in [7, 11) is 0. The molecule has 0 spiro atoms. The third-order valence-corrected chi connectivity index (χ3v) is 2.93. The van der Waals surface area contributed by atoms with Gasteiger partial charge in [-0.2, -0.15) is 0 Å². The molecule has 1 unspecified atom stereocenters. The average molecular weight is 213 g/mol. The lowest BCUT2D eigenvalue weighted by Gasteiger charge is -2.27. The van der Waals surface area contributed by atoms with Gasteiger partial charge in [0, 0.05) is 12.6 Å². The molecule has 4 heteroatoms. The molecule has 1 aliphatic carbocycles. The van der Waals surface area contributed by atoms with Crippen LogP contribution in [-0.2, 0) is 5.60 Å². The second-order valence-electron chi connectivity index (χ2n) is 4.06. The van der Waals surface area contributed by atoms with Gasteiger partial charge in [0.25, 0.3) is 0 Å². The fourth-order valence-electron chi connectivity index (χ4n) is 1.88. The minimum atomic E-state index is -1.27. The Morgan fingerprint density at radius 3 is 2.20 bits per heavy atom. The molecule has 1 aliphatic rings. The molecule has 0 radical (unpaired) electrons. The summed E-state index contributed by atoms with van der Waals surface area (Å²) in [5.41, 5.74) is 4.45. The van der Waals surface area contributed by atoms with E-state index in [2.05, 4.69) is 0 Å². The van der Waals surface area contributed by atoms with E-state index in [4.69, 9.17) is 5.73 Å². The fraction of sp³-hybridized carbons (Fsp3) is 0.455. The van der Waals surface area contributed by atoms with E-state index >= 15 is 0 Å². The van der Waals surface area contributed by atoms with Crippen LogP contribution in [0.1, 0.15) is 18.4 Å². The monoisotopic (exact) mass is 213 g/mol. The second kappa shape index (κ2) is 3.54. The lowest BCUT2D eigenvalue weighted by Crippen LogP contribution is -2.37. The van der Waals surface area contributed by atoms with Crippen LogP contribution in [0.3, 0.4) is 0 Å². The number of halogens is 2. The minimum Gasteiger partial charge on any atom is -0.384 e. The van der Waals surface area contributed by atoms with Crippen molar-refractivity contribution in [3.8, 4) is 0 Å². The smallest absolute Gasteiger partial charge is 0.126 e. The van der Waals surface area contributed by atoms with Crippen LogP contribution in [0.4, 0.5) is 8.78 Å². The molecule has 0 heterocycles. The molecule has 1 saturated carbocycles. The third kappa shape index (κ3) is 1.87. The van der Waals surface area contributed by atoms with Gasteiger partial charge >= 0.3 is 0 Å². The summed E-state index contributed by atoms with van der Waals surface area (Å²) in [4.78, 5) is 0. The first-order chi connectivity index (χ1) is 7.06. The van der Waals surface area contributed by atoms with Crippen molar-refractivity contribution in [3.63, 3.8) is 0 Å². The molecule has 2 rings (SSSR count). The summed E-state index contributed by atoms with van der Waals surface area (Å²) >= 11 is 0. The number of hydrogen-bond donors (Lipinski definition) is 2. The third-order valence-electron chi connectivity index (χ3n) is 2.93. The average Bonchev–Trinajstić information content (AvgIpc) is 2.98. The van der Waals surface area contributed by atoms with Crippen molar-refractivity contribution >= 4 is 0 Å². The van der Waals surface area contributed by atoms with Gasteiger partial charge in [-0.1, -0.05) is 0 Å². The Hall–Kier alpha value is -1.00. The summed E-state index contributed by atoms with van der Waals surface area (Å²) in [5, 5.41) is 10.2. The maximum atomic E-state index is 13.0. The molecule has 82 valence electrons.